The number of aryl methyl sites for hydroxylation is 4. The van der Waals surface area contributed by atoms with Gasteiger partial charge in [0.05, 0.1) is 0 Å². The van der Waals surface area contributed by atoms with E-state index in [9.17, 15) is 0 Å². The molecule has 2 aliphatic carbocycles. The number of rotatable bonds is 11. The van der Waals surface area contributed by atoms with E-state index in [4.69, 9.17) is 11.0 Å². The van der Waals surface area contributed by atoms with Gasteiger partial charge in [-0.25, -0.2) is 0 Å². The number of hydrogen-bond acceptors (Lipinski definition) is 2. The minimum absolute atomic E-state index is 0.396. The lowest BCUT2D eigenvalue weighted by Crippen LogP contribution is -2.10. The first-order valence-electron chi connectivity index (χ1n) is 29.1. The predicted molar refractivity (Wildman–Crippen MR) is 313 cm³/mol. The topological polar surface area (TPSA) is 6.48 Å². The smallest absolute Gasteiger partial charge is 0.0462 e. The van der Waals surface area contributed by atoms with E-state index >= 15 is 0 Å². The molecule has 0 amide bonds. The molecule has 0 bridgehead atoms. The van der Waals surface area contributed by atoms with Crippen molar-refractivity contribution in [3.8, 4) is 55.6 Å². The average Bonchev–Trinajstić information content (AvgIpc) is 1.62. The van der Waals surface area contributed by atoms with Gasteiger partial charge in [0.15, 0.2) is 0 Å². The molecular weight excluding hydrogens is 893 g/mol. The van der Waals surface area contributed by atoms with Crippen molar-refractivity contribution in [3.63, 3.8) is 0 Å². The summed E-state index contributed by atoms with van der Waals surface area (Å²) in [5.74, 6) is 0. The quantitative estimate of drug-likeness (QED) is 0.127. The lowest BCUT2D eigenvalue weighted by atomic mass is 9.86. The minimum atomic E-state index is -2.06. The van der Waals surface area contributed by atoms with Crippen molar-refractivity contribution < 1.29 is 11.0 Å². The molecule has 0 unspecified atom stereocenters. The number of nitrogens with zero attached hydrogens (tertiary/aromatic N) is 2. The maximum Gasteiger partial charge on any atom is 0.0462 e. The fourth-order valence-corrected chi connectivity index (χ4v) is 10.7. The Hall–Kier alpha value is -9.24. The van der Waals surface area contributed by atoms with Crippen LogP contribution in [0.2, 0.25) is 0 Å². The van der Waals surface area contributed by atoms with Crippen LogP contribution in [-0.2, 0) is 25.5 Å². The fourth-order valence-electron chi connectivity index (χ4n) is 10.7. The molecule has 14 rings (SSSR count). The molecule has 0 N–H and O–H groups in total. The molecule has 0 atom stereocenters. The number of hydrogen-bond donors (Lipinski definition) is 0. The van der Waals surface area contributed by atoms with E-state index < -0.39 is 25.5 Å². The fraction of sp³-hybridized carbons (Fsp3) is 0.0556. The van der Waals surface area contributed by atoms with E-state index in [2.05, 4.69) is 216 Å². The largest absolute Gasteiger partial charge is 0.311 e. The van der Waals surface area contributed by atoms with Gasteiger partial charge in [-0.15, -0.1) is 0 Å². The molecule has 12 aromatic carbocycles. The Morgan fingerprint density at radius 3 is 0.851 bits per heavy atom. The van der Waals surface area contributed by atoms with Gasteiger partial charge in [0.2, 0.25) is 0 Å². The first kappa shape index (κ1) is 35.8. The van der Waals surface area contributed by atoms with Crippen LogP contribution in [0.5, 0.6) is 0 Å². The highest BCUT2D eigenvalue weighted by atomic mass is 15.1. The highest BCUT2D eigenvalue weighted by molar-refractivity contribution is 5.98. The summed E-state index contributed by atoms with van der Waals surface area (Å²) in [6, 6.07) is 91.6. The molecular formula is C72H52N2. The van der Waals surface area contributed by atoms with Gasteiger partial charge in [0.1, 0.15) is 0 Å². The molecule has 74 heavy (non-hydrogen) atoms. The first-order valence-corrected chi connectivity index (χ1v) is 25.1. The van der Waals surface area contributed by atoms with Gasteiger partial charge >= 0.3 is 0 Å². The van der Waals surface area contributed by atoms with Crippen LogP contribution in [0, 0.1) is 0 Å². The van der Waals surface area contributed by atoms with Crippen molar-refractivity contribution in [2.75, 3.05) is 9.80 Å². The van der Waals surface area contributed by atoms with Crippen molar-refractivity contribution in [2.45, 2.75) is 25.5 Å². The Morgan fingerprint density at radius 1 is 0.230 bits per heavy atom. The summed E-state index contributed by atoms with van der Waals surface area (Å²) in [6.45, 7) is 0. The summed E-state index contributed by atoms with van der Waals surface area (Å²) >= 11 is 0. The summed E-state index contributed by atoms with van der Waals surface area (Å²) < 4.78 is 66.8. The zero-order chi connectivity index (χ0) is 56.1. The Morgan fingerprint density at radius 2 is 0.500 bits per heavy atom. The average molecular weight is 953 g/mol. The first-order chi connectivity index (χ1) is 39.7. The van der Waals surface area contributed by atoms with Crippen molar-refractivity contribution in [3.05, 3.63) is 289 Å². The number of fused-ring (bicyclic) bond motifs is 4. The summed E-state index contributed by atoms with van der Waals surface area (Å²) in [4.78, 5) is 4.48. The summed E-state index contributed by atoms with van der Waals surface area (Å²) in [5, 5.41) is 4.77. The van der Waals surface area contributed by atoms with E-state index in [1.54, 1.807) is 24.3 Å². The van der Waals surface area contributed by atoms with Crippen molar-refractivity contribution in [1.82, 2.24) is 0 Å². The Balaban J connectivity index is 0.790. The molecule has 0 aromatic heterocycles. The number of anilines is 6. The lowest BCUT2D eigenvalue weighted by molar-refractivity contribution is 0.840. The summed E-state index contributed by atoms with van der Waals surface area (Å²) in [5.41, 5.74) is 17.5. The standard InChI is InChI=1S/C72H52N2/c1-3-11-69-55(7-1)9-5-13-71(69)57-31-43-67(44-32-57)73(65-39-27-53(28-40-65)61-21-17-51-15-19-59(51)47-61)63-35-23-49(24-36-63)50-25-37-64(38-26-50)74(66-41-29-54(30-42-66)62-22-18-52-16-20-60(52)48-62)68-45-33-58(34-46-68)72-14-6-10-56-8-2-4-12-70(56)72/h1-14,17-18,21-48H,15-16,19-20H2/i15D2,16D2,19D2,20D2. The second-order valence-corrected chi connectivity index (χ2v) is 19.0. The second kappa shape index (κ2) is 18.4. The van der Waals surface area contributed by atoms with Crippen LogP contribution in [0.15, 0.2) is 267 Å². The lowest BCUT2D eigenvalue weighted by Gasteiger charge is -2.27. The molecule has 2 aliphatic rings. The monoisotopic (exact) mass is 952 g/mol. The third kappa shape index (κ3) is 8.02. The summed E-state index contributed by atoms with van der Waals surface area (Å²) in [6.07, 6.45) is -8.15. The van der Waals surface area contributed by atoms with Crippen LogP contribution in [0.25, 0.3) is 77.2 Å². The molecule has 0 fully saturated rings. The molecule has 350 valence electrons. The molecule has 0 radical (unpaired) electrons. The van der Waals surface area contributed by atoms with Crippen LogP contribution >= 0.6 is 0 Å². The van der Waals surface area contributed by atoms with Crippen molar-refractivity contribution in [1.29, 1.82) is 0 Å². The third-order valence-electron chi connectivity index (χ3n) is 14.7. The molecule has 0 saturated carbocycles. The third-order valence-corrected chi connectivity index (χ3v) is 14.7. The SMILES string of the molecule is [2H]C1([2H])c2ccc(-c3ccc(N(c4ccc(-c5ccc(N(c6ccc(-c7ccc8c(c7)C([2H])([2H])C8([2H])[2H])cc6)c6ccc(-c7cccc8ccccc78)cc6)cc5)cc4)c4ccc(-c5cccc6ccccc56)cc4)cc3)cc2C1([2H])[2H]. The van der Waals surface area contributed by atoms with E-state index in [0.29, 0.717) is 22.3 Å². The minimum Gasteiger partial charge on any atom is -0.311 e. The highest BCUT2D eigenvalue weighted by Gasteiger charge is 2.19. The van der Waals surface area contributed by atoms with Crippen molar-refractivity contribution >= 4 is 55.7 Å². The van der Waals surface area contributed by atoms with Gasteiger partial charge in [-0.2, -0.15) is 0 Å². The predicted octanol–water partition coefficient (Wildman–Crippen LogP) is 19.5. The van der Waals surface area contributed by atoms with Crippen LogP contribution in [0.3, 0.4) is 0 Å². The van der Waals surface area contributed by atoms with E-state index in [1.165, 1.54) is 32.7 Å². The maximum absolute atomic E-state index is 8.43. The van der Waals surface area contributed by atoms with Crippen LogP contribution in [0.1, 0.15) is 33.2 Å². The van der Waals surface area contributed by atoms with Crippen molar-refractivity contribution in [2.24, 2.45) is 0 Å². The Bertz CT molecular complexity index is 4130. The maximum atomic E-state index is 8.43. The molecule has 2 heteroatoms. The summed E-state index contributed by atoms with van der Waals surface area (Å²) in [7, 11) is 0. The molecule has 12 aromatic rings. The van der Waals surface area contributed by atoms with Crippen LogP contribution in [-0.4, -0.2) is 0 Å². The van der Waals surface area contributed by atoms with Gasteiger partial charge in [-0.05, 0) is 198 Å². The second-order valence-electron chi connectivity index (χ2n) is 19.0. The molecule has 0 heterocycles. The van der Waals surface area contributed by atoms with E-state index in [0.717, 1.165) is 78.6 Å². The Labute approximate surface area is 445 Å². The van der Waals surface area contributed by atoms with Gasteiger partial charge in [0.25, 0.3) is 0 Å². The number of benzene rings is 12. The zero-order valence-corrected chi connectivity index (χ0v) is 40.3. The van der Waals surface area contributed by atoms with E-state index in [-0.39, 0.29) is 0 Å². The Kier molecular flexibility index (Phi) is 8.91. The van der Waals surface area contributed by atoms with Gasteiger partial charge < -0.3 is 9.80 Å². The van der Waals surface area contributed by atoms with E-state index in [1.807, 2.05) is 36.4 Å². The van der Waals surface area contributed by atoms with Gasteiger partial charge in [0, 0.05) is 45.1 Å². The van der Waals surface area contributed by atoms with Gasteiger partial charge in [-0.1, -0.05) is 194 Å². The normalized spacial score (nSPS) is 16.7. The van der Waals surface area contributed by atoms with Gasteiger partial charge in [-0.3, -0.25) is 0 Å². The van der Waals surface area contributed by atoms with Crippen LogP contribution < -0.4 is 9.80 Å². The molecule has 0 aliphatic heterocycles. The zero-order valence-electron chi connectivity index (χ0n) is 48.3. The molecule has 0 spiro atoms. The molecule has 0 saturated heterocycles. The highest BCUT2D eigenvalue weighted by Crippen LogP contribution is 2.42. The molecule has 2 nitrogen and oxygen atoms in total. The van der Waals surface area contributed by atoms with Crippen LogP contribution in [0.4, 0.5) is 34.1 Å².